The van der Waals surface area contributed by atoms with Crippen LogP contribution in [-0.2, 0) is 20.1 Å². The maximum atomic E-state index is 4.32. The second-order valence-corrected chi connectivity index (χ2v) is 6.46. The van der Waals surface area contributed by atoms with E-state index in [0.29, 0.717) is 12.6 Å². The van der Waals surface area contributed by atoms with Gasteiger partial charge in [-0.2, -0.15) is 0 Å². The Bertz CT molecular complexity index is 678. The Morgan fingerprint density at radius 1 is 1.23 bits per heavy atom. The number of benzene rings is 1. The van der Waals surface area contributed by atoms with Crippen LogP contribution in [0.4, 0.5) is 0 Å². The molecular formula is C18H28IN7. The normalized spacial score (nSPS) is 16.2. The maximum Gasteiger partial charge on any atom is 0.191 e. The highest BCUT2D eigenvalue weighted by Gasteiger charge is 2.20. The molecule has 0 radical (unpaired) electrons. The van der Waals surface area contributed by atoms with Crippen LogP contribution in [0.3, 0.4) is 0 Å². The number of nitrogens with zero attached hydrogens (tertiary/aromatic N) is 5. The van der Waals surface area contributed by atoms with E-state index in [1.54, 1.807) is 13.4 Å². The van der Waals surface area contributed by atoms with Gasteiger partial charge < -0.3 is 15.2 Å². The van der Waals surface area contributed by atoms with Crippen LogP contribution in [0.5, 0.6) is 0 Å². The van der Waals surface area contributed by atoms with Crippen LogP contribution < -0.4 is 10.6 Å². The summed E-state index contributed by atoms with van der Waals surface area (Å²) in [6.45, 7) is 3.86. The summed E-state index contributed by atoms with van der Waals surface area (Å²) < 4.78 is 1.91. The molecule has 142 valence electrons. The molecule has 1 aliphatic heterocycles. The number of halogens is 1. The lowest BCUT2D eigenvalue weighted by Gasteiger charge is -2.33. The average molecular weight is 469 g/mol. The molecule has 3 rings (SSSR count). The molecule has 2 aromatic rings. The summed E-state index contributed by atoms with van der Waals surface area (Å²) in [6, 6.07) is 11.1. The fourth-order valence-corrected chi connectivity index (χ4v) is 3.09. The molecule has 7 nitrogen and oxygen atoms in total. The van der Waals surface area contributed by atoms with Gasteiger partial charge in [-0.1, -0.05) is 30.3 Å². The number of nitrogens with one attached hydrogen (secondary N) is 2. The molecule has 26 heavy (non-hydrogen) atoms. The third kappa shape index (κ3) is 5.94. The van der Waals surface area contributed by atoms with Gasteiger partial charge in [-0.25, -0.2) is 0 Å². The van der Waals surface area contributed by atoms with E-state index in [2.05, 4.69) is 61.1 Å². The number of piperidine rings is 1. The number of hydrogen-bond donors (Lipinski definition) is 2. The van der Waals surface area contributed by atoms with Gasteiger partial charge in [-0.05, 0) is 18.4 Å². The molecule has 0 unspecified atom stereocenters. The van der Waals surface area contributed by atoms with Crippen LogP contribution in [-0.4, -0.2) is 51.8 Å². The standard InChI is InChI=1S/C18H27N7.HI/c1-19-18(20-12-17-23-21-14-24(17)2)22-16-8-10-25(11-9-16)13-15-6-4-3-5-7-15;/h3-7,14,16H,8-13H2,1-2H3,(H2,19,20,22);1H. The number of hydrogen-bond acceptors (Lipinski definition) is 4. The zero-order chi connectivity index (χ0) is 17.5. The number of aliphatic imine (C=N–C) groups is 1. The second kappa shape index (κ2) is 10.5. The Hall–Kier alpha value is -1.68. The fraction of sp³-hybridized carbons (Fsp3) is 0.500. The third-order valence-electron chi connectivity index (χ3n) is 4.62. The molecule has 1 saturated heterocycles. The predicted octanol–water partition coefficient (Wildman–Crippen LogP) is 1.76. The van der Waals surface area contributed by atoms with Crippen molar-refractivity contribution in [2.75, 3.05) is 20.1 Å². The van der Waals surface area contributed by atoms with E-state index in [1.807, 2.05) is 11.6 Å². The zero-order valence-corrected chi connectivity index (χ0v) is 17.8. The Balaban J connectivity index is 0.00000243. The molecule has 8 heteroatoms. The van der Waals surface area contributed by atoms with Crippen molar-refractivity contribution < 1.29 is 0 Å². The smallest absolute Gasteiger partial charge is 0.191 e. The maximum absolute atomic E-state index is 4.32. The van der Waals surface area contributed by atoms with Gasteiger partial charge in [0.05, 0.1) is 6.54 Å². The highest BCUT2D eigenvalue weighted by atomic mass is 127. The molecule has 0 saturated carbocycles. The average Bonchev–Trinajstić information content (AvgIpc) is 3.06. The monoisotopic (exact) mass is 469 g/mol. The fourth-order valence-electron chi connectivity index (χ4n) is 3.09. The van der Waals surface area contributed by atoms with Crippen LogP contribution in [0.1, 0.15) is 24.2 Å². The third-order valence-corrected chi connectivity index (χ3v) is 4.62. The molecule has 1 aromatic carbocycles. The summed E-state index contributed by atoms with van der Waals surface area (Å²) in [4.78, 5) is 6.84. The summed E-state index contributed by atoms with van der Waals surface area (Å²) in [6.07, 6.45) is 3.95. The van der Waals surface area contributed by atoms with Crippen molar-refractivity contribution in [3.63, 3.8) is 0 Å². The van der Waals surface area contributed by atoms with E-state index in [-0.39, 0.29) is 24.0 Å². The molecule has 1 aliphatic rings. The molecule has 0 bridgehead atoms. The molecule has 0 atom stereocenters. The lowest BCUT2D eigenvalue weighted by Crippen LogP contribution is -2.48. The van der Waals surface area contributed by atoms with Gasteiger partial charge in [0.1, 0.15) is 6.33 Å². The van der Waals surface area contributed by atoms with Crippen LogP contribution in [0.15, 0.2) is 41.7 Å². The molecule has 0 aliphatic carbocycles. The Kier molecular flexibility index (Phi) is 8.30. The van der Waals surface area contributed by atoms with Gasteiger partial charge in [0.2, 0.25) is 0 Å². The van der Waals surface area contributed by atoms with E-state index in [1.165, 1.54) is 5.56 Å². The summed E-state index contributed by atoms with van der Waals surface area (Å²) in [5.74, 6) is 1.71. The van der Waals surface area contributed by atoms with Gasteiger partial charge in [-0.15, -0.1) is 34.2 Å². The SMILES string of the molecule is CN=C(NCc1nncn1C)NC1CCN(Cc2ccccc2)CC1.I. The second-order valence-electron chi connectivity index (χ2n) is 6.46. The minimum atomic E-state index is 0. The van der Waals surface area contributed by atoms with Crippen LogP contribution >= 0.6 is 24.0 Å². The van der Waals surface area contributed by atoms with Crippen molar-refractivity contribution >= 4 is 29.9 Å². The summed E-state index contributed by atoms with van der Waals surface area (Å²) in [5, 5.41) is 14.8. The van der Waals surface area contributed by atoms with E-state index in [0.717, 1.165) is 44.3 Å². The first-order valence-electron chi connectivity index (χ1n) is 8.81. The van der Waals surface area contributed by atoms with E-state index < -0.39 is 0 Å². The van der Waals surface area contributed by atoms with Crippen molar-refractivity contribution in [3.05, 3.63) is 48.0 Å². The zero-order valence-electron chi connectivity index (χ0n) is 15.4. The first kappa shape index (κ1) is 20.6. The van der Waals surface area contributed by atoms with Gasteiger partial charge in [0, 0.05) is 39.8 Å². The molecule has 2 N–H and O–H groups in total. The lowest BCUT2D eigenvalue weighted by molar-refractivity contribution is 0.198. The Labute approximate surface area is 172 Å². The molecule has 2 heterocycles. The first-order valence-corrected chi connectivity index (χ1v) is 8.81. The van der Waals surface area contributed by atoms with Crippen molar-refractivity contribution in [2.45, 2.75) is 32.0 Å². The van der Waals surface area contributed by atoms with Gasteiger partial charge in [-0.3, -0.25) is 9.89 Å². The number of aryl methyl sites for hydroxylation is 1. The Morgan fingerprint density at radius 3 is 2.58 bits per heavy atom. The topological polar surface area (TPSA) is 70.4 Å². The number of rotatable bonds is 5. The number of guanidine groups is 1. The van der Waals surface area contributed by atoms with Crippen LogP contribution in [0.25, 0.3) is 0 Å². The van der Waals surface area contributed by atoms with Crippen LogP contribution in [0.2, 0.25) is 0 Å². The lowest BCUT2D eigenvalue weighted by atomic mass is 10.0. The summed E-state index contributed by atoms with van der Waals surface area (Å²) in [7, 11) is 3.74. The quantitative estimate of drug-likeness (QED) is 0.397. The molecule has 1 aromatic heterocycles. The molecule has 0 amide bonds. The molecule has 1 fully saturated rings. The highest BCUT2D eigenvalue weighted by Crippen LogP contribution is 2.13. The van der Waals surface area contributed by atoms with Crippen molar-refractivity contribution in [1.82, 2.24) is 30.3 Å². The van der Waals surface area contributed by atoms with E-state index in [9.17, 15) is 0 Å². The largest absolute Gasteiger partial charge is 0.354 e. The minimum Gasteiger partial charge on any atom is -0.354 e. The van der Waals surface area contributed by atoms with Crippen molar-refractivity contribution in [2.24, 2.45) is 12.0 Å². The van der Waals surface area contributed by atoms with E-state index in [4.69, 9.17) is 0 Å². The number of aromatic nitrogens is 3. The van der Waals surface area contributed by atoms with Crippen molar-refractivity contribution in [1.29, 1.82) is 0 Å². The van der Waals surface area contributed by atoms with Gasteiger partial charge in [0.25, 0.3) is 0 Å². The first-order chi connectivity index (χ1) is 12.2. The summed E-state index contributed by atoms with van der Waals surface area (Å²) >= 11 is 0. The van der Waals surface area contributed by atoms with Gasteiger partial charge in [0.15, 0.2) is 11.8 Å². The molecular weight excluding hydrogens is 441 g/mol. The number of likely N-dealkylation sites (tertiary alicyclic amines) is 1. The highest BCUT2D eigenvalue weighted by molar-refractivity contribution is 14.0. The molecule has 0 spiro atoms. The summed E-state index contributed by atoms with van der Waals surface area (Å²) in [5.41, 5.74) is 1.38. The van der Waals surface area contributed by atoms with E-state index >= 15 is 0 Å². The Morgan fingerprint density at radius 2 is 1.96 bits per heavy atom. The predicted molar refractivity (Wildman–Crippen MR) is 114 cm³/mol. The van der Waals surface area contributed by atoms with Crippen molar-refractivity contribution in [3.8, 4) is 0 Å². The van der Waals surface area contributed by atoms with Gasteiger partial charge >= 0.3 is 0 Å². The minimum absolute atomic E-state index is 0. The van der Waals surface area contributed by atoms with Crippen LogP contribution in [0, 0.1) is 0 Å².